The molecule has 2 aromatic heterocycles. The molecule has 4 rings (SSSR count). The average molecular weight is 481 g/mol. The number of alkyl halides is 3. The van der Waals surface area contributed by atoms with Crippen LogP contribution in [0.4, 0.5) is 19.1 Å². The molecule has 12 heteroatoms. The number of aromatic nitrogens is 4. The Labute approximate surface area is 192 Å². The van der Waals surface area contributed by atoms with Crippen molar-refractivity contribution in [1.82, 2.24) is 24.8 Å². The van der Waals surface area contributed by atoms with Crippen LogP contribution >= 0.6 is 11.6 Å². The number of rotatable bonds is 6. The Balaban J connectivity index is 1.46. The van der Waals surface area contributed by atoms with Crippen molar-refractivity contribution in [2.75, 3.05) is 18.5 Å². The number of nitrogens with one attached hydrogen (secondary N) is 2. The minimum absolute atomic E-state index is 0.0785. The van der Waals surface area contributed by atoms with Crippen molar-refractivity contribution in [3.05, 3.63) is 64.3 Å². The summed E-state index contributed by atoms with van der Waals surface area (Å²) in [6.45, 7) is 2.91. The Morgan fingerprint density at radius 1 is 1.33 bits per heavy atom. The smallest absolute Gasteiger partial charge is 0.379 e. The first-order chi connectivity index (χ1) is 15.7. The zero-order valence-corrected chi connectivity index (χ0v) is 18.2. The predicted molar refractivity (Wildman–Crippen MR) is 114 cm³/mol. The van der Waals surface area contributed by atoms with Crippen LogP contribution in [0.25, 0.3) is 5.82 Å². The van der Waals surface area contributed by atoms with Crippen LogP contribution in [0.3, 0.4) is 0 Å². The molecule has 33 heavy (non-hydrogen) atoms. The third-order valence-corrected chi connectivity index (χ3v) is 5.54. The Hall–Kier alpha value is -3.18. The molecule has 8 nitrogen and oxygen atoms in total. The molecule has 1 aromatic carbocycles. The topological polar surface area (TPSA) is 94.0 Å². The Morgan fingerprint density at radius 2 is 2.15 bits per heavy atom. The number of hydrogen-bond donors (Lipinski definition) is 2. The van der Waals surface area contributed by atoms with E-state index in [0.29, 0.717) is 25.0 Å². The van der Waals surface area contributed by atoms with E-state index in [0.717, 1.165) is 18.1 Å². The number of benzene rings is 1. The summed E-state index contributed by atoms with van der Waals surface area (Å²) < 4.78 is 46.0. The first-order valence-corrected chi connectivity index (χ1v) is 10.4. The van der Waals surface area contributed by atoms with E-state index in [1.165, 1.54) is 24.7 Å². The first-order valence-electron chi connectivity index (χ1n) is 10.1. The maximum atomic E-state index is 13.0. The van der Waals surface area contributed by atoms with Crippen LogP contribution in [0.1, 0.15) is 33.6 Å². The number of anilines is 1. The third-order valence-electron chi connectivity index (χ3n) is 5.09. The Morgan fingerprint density at radius 3 is 2.88 bits per heavy atom. The summed E-state index contributed by atoms with van der Waals surface area (Å²) >= 11 is 5.88. The number of halogens is 4. The fourth-order valence-corrected chi connectivity index (χ4v) is 3.65. The molecule has 1 atom stereocenters. The number of carbonyl (C=O) groups excluding carboxylic acids is 1. The van der Waals surface area contributed by atoms with Crippen molar-refractivity contribution in [3.63, 3.8) is 0 Å². The van der Waals surface area contributed by atoms with E-state index in [4.69, 9.17) is 16.3 Å². The van der Waals surface area contributed by atoms with E-state index in [1.807, 2.05) is 6.92 Å². The summed E-state index contributed by atoms with van der Waals surface area (Å²) in [5.74, 6) is 0.416. The van der Waals surface area contributed by atoms with E-state index in [1.54, 1.807) is 10.8 Å². The van der Waals surface area contributed by atoms with Crippen molar-refractivity contribution < 1.29 is 22.7 Å². The van der Waals surface area contributed by atoms with Crippen LogP contribution < -0.4 is 10.6 Å². The number of carbonyl (C=O) groups is 1. The van der Waals surface area contributed by atoms with E-state index < -0.39 is 22.7 Å². The van der Waals surface area contributed by atoms with Gasteiger partial charge in [0, 0.05) is 31.1 Å². The van der Waals surface area contributed by atoms with Crippen molar-refractivity contribution in [1.29, 1.82) is 0 Å². The van der Waals surface area contributed by atoms with Crippen LogP contribution in [0, 0.1) is 6.92 Å². The van der Waals surface area contributed by atoms with Crippen molar-refractivity contribution in [2.45, 2.75) is 32.1 Å². The minimum Gasteiger partial charge on any atom is -0.379 e. The largest absolute Gasteiger partial charge is 0.417 e. The minimum atomic E-state index is -4.58. The van der Waals surface area contributed by atoms with Gasteiger partial charge in [-0.1, -0.05) is 23.7 Å². The molecular weight excluding hydrogens is 461 g/mol. The number of imidazole rings is 1. The zero-order valence-electron chi connectivity index (χ0n) is 17.5. The van der Waals surface area contributed by atoms with Gasteiger partial charge in [0.2, 0.25) is 5.95 Å². The predicted octanol–water partition coefficient (Wildman–Crippen LogP) is 3.77. The zero-order chi connectivity index (χ0) is 23.6. The molecule has 1 saturated heterocycles. The van der Waals surface area contributed by atoms with E-state index in [2.05, 4.69) is 25.6 Å². The molecule has 1 fully saturated rings. The second-order valence-electron chi connectivity index (χ2n) is 7.53. The number of ether oxygens (including phenoxy) is 1. The first kappa shape index (κ1) is 23.0. The van der Waals surface area contributed by atoms with Gasteiger partial charge >= 0.3 is 6.18 Å². The normalized spacial score (nSPS) is 16.1. The Bertz CT molecular complexity index is 1160. The van der Waals surface area contributed by atoms with Gasteiger partial charge in [0.1, 0.15) is 17.8 Å². The third kappa shape index (κ3) is 5.25. The second kappa shape index (κ2) is 9.36. The molecular formula is C21H20ClF3N6O2. The second-order valence-corrected chi connectivity index (χ2v) is 7.91. The molecule has 0 spiro atoms. The number of aryl methyl sites for hydroxylation is 1. The highest BCUT2D eigenvalue weighted by Crippen LogP contribution is 2.36. The summed E-state index contributed by atoms with van der Waals surface area (Å²) in [7, 11) is 0. The molecule has 3 aromatic rings. The van der Waals surface area contributed by atoms with Gasteiger partial charge < -0.3 is 15.4 Å². The molecule has 0 saturated carbocycles. The standard InChI is InChI=1S/C21H20ClF3N6O2/c1-12-7-27-20(29-14-5-6-33-10-14)30-18(12)31-9-16(28-11-31)19(32)26-8-13-3-2-4-15(17(13)22)21(23,24)25/h2-4,7,9,11,14H,5-6,8,10H2,1H3,(H,26,32)(H,27,29,30). The lowest BCUT2D eigenvalue weighted by atomic mass is 10.1. The molecule has 1 aliphatic rings. The van der Waals surface area contributed by atoms with Crippen LogP contribution in [-0.2, 0) is 17.5 Å². The lowest BCUT2D eigenvalue weighted by molar-refractivity contribution is -0.137. The Kier molecular flexibility index (Phi) is 6.52. The van der Waals surface area contributed by atoms with E-state index >= 15 is 0 Å². The van der Waals surface area contributed by atoms with Crippen LogP contribution in [0.15, 0.2) is 36.9 Å². The molecule has 1 unspecified atom stereocenters. The maximum Gasteiger partial charge on any atom is 0.417 e. The molecule has 1 amide bonds. The molecule has 0 aliphatic carbocycles. The molecule has 1 aliphatic heterocycles. The summed E-state index contributed by atoms with van der Waals surface area (Å²) in [5.41, 5.74) is 0.0451. The highest BCUT2D eigenvalue weighted by atomic mass is 35.5. The highest BCUT2D eigenvalue weighted by Gasteiger charge is 2.33. The molecule has 2 N–H and O–H groups in total. The summed E-state index contributed by atoms with van der Waals surface area (Å²) in [6.07, 6.45) is 0.863. The van der Waals surface area contributed by atoms with Gasteiger partial charge in [-0.15, -0.1) is 0 Å². The summed E-state index contributed by atoms with van der Waals surface area (Å²) in [6, 6.07) is 3.69. The molecule has 0 bridgehead atoms. The highest BCUT2D eigenvalue weighted by molar-refractivity contribution is 6.32. The van der Waals surface area contributed by atoms with Gasteiger partial charge in [0.25, 0.3) is 5.91 Å². The van der Waals surface area contributed by atoms with Crippen molar-refractivity contribution >= 4 is 23.5 Å². The monoisotopic (exact) mass is 480 g/mol. The van der Waals surface area contributed by atoms with E-state index in [-0.39, 0.29) is 23.8 Å². The van der Waals surface area contributed by atoms with Crippen LogP contribution in [0.5, 0.6) is 0 Å². The van der Waals surface area contributed by atoms with Crippen molar-refractivity contribution in [2.24, 2.45) is 0 Å². The van der Waals surface area contributed by atoms with E-state index in [9.17, 15) is 18.0 Å². The SMILES string of the molecule is Cc1cnc(NC2CCOC2)nc1-n1cnc(C(=O)NCc2cccc(C(F)(F)F)c2Cl)c1. The number of amides is 1. The quantitative estimate of drug-likeness (QED) is 0.558. The van der Waals surface area contributed by atoms with Gasteiger partial charge in [-0.05, 0) is 25.0 Å². The number of nitrogens with zero attached hydrogens (tertiary/aromatic N) is 4. The van der Waals surface area contributed by atoms with Gasteiger partial charge in [-0.25, -0.2) is 9.97 Å². The maximum absolute atomic E-state index is 13.0. The van der Waals surface area contributed by atoms with Gasteiger partial charge in [0.05, 0.1) is 23.2 Å². The van der Waals surface area contributed by atoms with Crippen LogP contribution in [0.2, 0.25) is 5.02 Å². The average Bonchev–Trinajstić information content (AvgIpc) is 3.45. The summed E-state index contributed by atoms with van der Waals surface area (Å²) in [4.78, 5) is 25.4. The molecule has 0 radical (unpaired) electrons. The van der Waals surface area contributed by atoms with Crippen molar-refractivity contribution in [3.8, 4) is 5.82 Å². The molecule has 3 heterocycles. The fraction of sp³-hybridized carbons (Fsp3) is 0.333. The molecule has 174 valence electrons. The van der Waals surface area contributed by atoms with Gasteiger partial charge in [0.15, 0.2) is 0 Å². The lowest BCUT2D eigenvalue weighted by Crippen LogP contribution is -2.23. The van der Waals surface area contributed by atoms with Gasteiger partial charge in [-0.2, -0.15) is 18.2 Å². The fourth-order valence-electron chi connectivity index (χ4n) is 3.35. The number of hydrogen-bond acceptors (Lipinski definition) is 6. The van der Waals surface area contributed by atoms with Gasteiger partial charge in [-0.3, -0.25) is 9.36 Å². The lowest BCUT2D eigenvalue weighted by Gasteiger charge is -2.13. The van der Waals surface area contributed by atoms with Crippen LogP contribution in [-0.4, -0.2) is 44.7 Å². The summed E-state index contributed by atoms with van der Waals surface area (Å²) in [5, 5.41) is 5.32.